The summed E-state index contributed by atoms with van der Waals surface area (Å²) >= 11 is 4.62. The molecule has 0 radical (unpaired) electrons. The van der Waals surface area contributed by atoms with Crippen molar-refractivity contribution in [2.24, 2.45) is 0 Å². The zero-order valence-electron chi connectivity index (χ0n) is 3.97. The van der Waals surface area contributed by atoms with Crippen molar-refractivity contribution in [3.8, 4) is 0 Å². The molecule has 0 bridgehead atoms. The molecule has 0 amide bonds. The first-order valence-corrected chi connectivity index (χ1v) is 2.37. The third-order valence-electron chi connectivity index (χ3n) is 0.685. The van der Waals surface area contributed by atoms with E-state index in [4.69, 9.17) is 4.84 Å². The summed E-state index contributed by atoms with van der Waals surface area (Å²) < 4.78 is 0. The maximum atomic E-state index is 4.81. The summed E-state index contributed by atoms with van der Waals surface area (Å²) in [7, 11) is 1.81. The maximum Gasteiger partial charge on any atom is 0.279 e. The van der Waals surface area contributed by atoms with Gasteiger partial charge in [0, 0.05) is 7.05 Å². The molecule has 3 nitrogen and oxygen atoms in total. The Labute approximate surface area is 47.2 Å². The van der Waals surface area contributed by atoms with Crippen LogP contribution in [0.5, 0.6) is 0 Å². The van der Waals surface area contributed by atoms with Gasteiger partial charge >= 0.3 is 0 Å². The average molecular weight is 118 g/mol. The van der Waals surface area contributed by atoms with Gasteiger partial charge in [0.05, 0.1) is 0 Å². The van der Waals surface area contributed by atoms with E-state index in [-0.39, 0.29) is 0 Å². The van der Waals surface area contributed by atoms with Crippen LogP contribution in [0.15, 0.2) is 0 Å². The second kappa shape index (κ2) is 1.63. The summed E-state index contributed by atoms with van der Waals surface area (Å²) in [5.41, 5.74) is 0. The first kappa shape index (κ1) is 4.80. The number of rotatable bonds is 0. The lowest BCUT2D eigenvalue weighted by Gasteiger charge is -1.99. The molecule has 7 heavy (non-hydrogen) atoms. The minimum Gasteiger partial charge on any atom is -0.374 e. The van der Waals surface area contributed by atoms with Crippen LogP contribution in [0, 0.1) is 0 Å². The van der Waals surface area contributed by atoms with E-state index >= 15 is 0 Å². The van der Waals surface area contributed by atoms with Gasteiger partial charge in [-0.3, -0.25) is 0 Å². The van der Waals surface area contributed by atoms with E-state index in [0.29, 0.717) is 11.8 Å². The SMILES string of the molecule is CN1CNC(=S)O1. The van der Waals surface area contributed by atoms with E-state index in [1.807, 2.05) is 7.05 Å². The summed E-state index contributed by atoms with van der Waals surface area (Å²) in [4.78, 5) is 4.81. The molecule has 0 spiro atoms. The van der Waals surface area contributed by atoms with Crippen LogP contribution in [-0.2, 0) is 4.84 Å². The highest BCUT2D eigenvalue weighted by Gasteiger charge is 2.09. The fourth-order valence-corrected chi connectivity index (χ4v) is 0.574. The topological polar surface area (TPSA) is 24.5 Å². The molecule has 1 heterocycles. The van der Waals surface area contributed by atoms with E-state index in [9.17, 15) is 0 Å². The van der Waals surface area contributed by atoms with Crippen molar-refractivity contribution in [3.05, 3.63) is 0 Å². The lowest BCUT2D eigenvalue weighted by atomic mass is 11.0. The highest BCUT2D eigenvalue weighted by atomic mass is 32.1. The van der Waals surface area contributed by atoms with Gasteiger partial charge in [0.25, 0.3) is 5.17 Å². The van der Waals surface area contributed by atoms with Gasteiger partial charge < -0.3 is 10.2 Å². The molecule has 4 heteroatoms. The second-order valence-corrected chi connectivity index (χ2v) is 1.71. The Balaban J connectivity index is 2.40. The number of hydrogen-bond donors (Lipinski definition) is 1. The molecule has 0 aromatic heterocycles. The van der Waals surface area contributed by atoms with Gasteiger partial charge in [0.2, 0.25) is 0 Å². The van der Waals surface area contributed by atoms with Crippen LogP contribution >= 0.6 is 12.2 Å². The van der Waals surface area contributed by atoms with Crippen molar-refractivity contribution < 1.29 is 4.84 Å². The Bertz CT molecular complexity index is 94.9. The molecule has 1 saturated heterocycles. The van der Waals surface area contributed by atoms with Crippen molar-refractivity contribution in [3.63, 3.8) is 0 Å². The molecule has 40 valence electrons. The highest BCUT2D eigenvalue weighted by Crippen LogP contribution is 1.91. The predicted octanol–water partition coefficient (Wildman–Crippen LogP) is -0.305. The predicted molar refractivity (Wildman–Crippen MR) is 29.4 cm³/mol. The van der Waals surface area contributed by atoms with Crippen molar-refractivity contribution >= 4 is 17.4 Å². The molecule has 0 aromatic rings. The van der Waals surface area contributed by atoms with Crippen LogP contribution in [0.4, 0.5) is 0 Å². The summed E-state index contributed by atoms with van der Waals surface area (Å²) in [6.07, 6.45) is 0. The van der Waals surface area contributed by atoms with Crippen molar-refractivity contribution in [2.45, 2.75) is 0 Å². The normalized spacial score (nSPS) is 21.6. The third-order valence-corrected chi connectivity index (χ3v) is 0.904. The van der Waals surface area contributed by atoms with E-state index in [1.54, 1.807) is 5.06 Å². The minimum absolute atomic E-state index is 0.461. The molecule has 1 fully saturated rings. The van der Waals surface area contributed by atoms with Crippen LogP contribution in [0.3, 0.4) is 0 Å². The van der Waals surface area contributed by atoms with Gasteiger partial charge in [-0.2, -0.15) is 0 Å². The first-order chi connectivity index (χ1) is 3.29. The largest absolute Gasteiger partial charge is 0.374 e. The van der Waals surface area contributed by atoms with Crippen LogP contribution in [-0.4, -0.2) is 24.0 Å². The molecule has 0 unspecified atom stereocenters. The number of nitrogens with zero attached hydrogens (tertiary/aromatic N) is 1. The van der Waals surface area contributed by atoms with Gasteiger partial charge in [0.15, 0.2) is 0 Å². The Hall–Kier alpha value is -0.350. The molecule has 0 aromatic carbocycles. The van der Waals surface area contributed by atoms with E-state index in [1.165, 1.54) is 0 Å². The number of hydroxylamine groups is 2. The molecule has 1 rings (SSSR count). The molecule has 0 saturated carbocycles. The highest BCUT2D eigenvalue weighted by molar-refractivity contribution is 7.80. The van der Waals surface area contributed by atoms with Gasteiger partial charge in [-0.05, 0) is 12.2 Å². The Morgan fingerprint density at radius 3 is 2.86 bits per heavy atom. The second-order valence-electron chi connectivity index (χ2n) is 1.34. The Morgan fingerprint density at radius 1 is 2.00 bits per heavy atom. The van der Waals surface area contributed by atoms with Crippen molar-refractivity contribution in [2.75, 3.05) is 13.7 Å². The average Bonchev–Trinajstić information content (AvgIpc) is 1.87. The summed E-state index contributed by atoms with van der Waals surface area (Å²) in [6, 6.07) is 0. The molecular formula is C3H6N2OS. The monoisotopic (exact) mass is 118 g/mol. The number of nitrogens with one attached hydrogen (secondary N) is 1. The Kier molecular flexibility index (Phi) is 1.12. The third kappa shape index (κ3) is 1.01. The quantitative estimate of drug-likeness (QED) is 0.441. The van der Waals surface area contributed by atoms with Gasteiger partial charge in [-0.25, -0.2) is 0 Å². The Morgan fingerprint density at radius 2 is 2.71 bits per heavy atom. The zero-order valence-corrected chi connectivity index (χ0v) is 4.79. The van der Waals surface area contributed by atoms with Crippen LogP contribution in [0.1, 0.15) is 0 Å². The molecular weight excluding hydrogens is 112 g/mol. The van der Waals surface area contributed by atoms with E-state index < -0.39 is 0 Å². The van der Waals surface area contributed by atoms with E-state index in [0.717, 1.165) is 0 Å². The van der Waals surface area contributed by atoms with Gasteiger partial charge in [-0.1, -0.05) is 0 Å². The minimum atomic E-state index is 0.461. The van der Waals surface area contributed by atoms with Gasteiger partial charge in [-0.15, -0.1) is 5.06 Å². The lowest BCUT2D eigenvalue weighted by Crippen LogP contribution is -2.15. The molecule has 1 N–H and O–H groups in total. The smallest absolute Gasteiger partial charge is 0.279 e. The van der Waals surface area contributed by atoms with Gasteiger partial charge in [0.1, 0.15) is 6.67 Å². The molecule has 0 aliphatic carbocycles. The summed E-state index contributed by atoms with van der Waals surface area (Å²) in [5, 5.41) is 4.89. The van der Waals surface area contributed by atoms with Crippen molar-refractivity contribution in [1.29, 1.82) is 0 Å². The maximum absolute atomic E-state index is 4.81. The number of hydrogen-bond acceptors (Lipinski definition) is 3. The lowest BCUT2D eigenvalue weighted by molar-refractivity contribution is -0.0117. The van der Waals surface area contributed by atoms with Crippen LogP contribution < -0.4 is 5.32 Å². The number of thiocarbonyl (C=S) groups is 1. The van der Waals surface area contributed by atoms with Crippen LogP contribution in [0.25, 0.3) is 0 Å². The molecule has 1 aliphatic rings. The summed E-state index contributed by atoms with van der Waals surface area (Å²) in [5.74, 6) is 0. The summed E-state index contributed by atoms with van der Waals surface area (Å²) in [6.45, 7) is 0.693. The van der Waals surface area contributed by atoms with Crippen molar-refractivity contribution in [1.82, 2.24) is 10.4 Å². The standard InChI is InChI=1S/C3H6N2OS/c1-5-2-4-3(7)6-5/h2H2,1H3,(H,4,7). The van der Waals surface area contributed by atoms with Crippen LogP contribution in [0.2, 0.25) is 0 Å². The first-order valence-electron chi connectivity index (χ1n) is 1.96. The molecule has 1 aliphatic heterocycles. The fraction of sp³-hybridized carbons (Fsp3) is 0.667. The zero-order chi connectivity index (χ0) is 5.28. The van der Waals surface area contributed by atoms with E-state index in [2.05, 4.69) is 17.5 Å². The molecule has 0 atom stereocenters. The fourth-order valence-electron chi connectivity index (χ4n) is 0.382.